The predicted molar refractivity (Wildman–Crippen MR) is 45.4 cm³/mol. The van der Waals surface area contributed by atoms with Gasteiger partial charge in [-0.2, -0.15) is 5.10 Å². The quantitative estimate of drug-likeness (QED) is 0.684. The predicted octanol–water partition coefficient (Wildman–Crippen LogP) is 1.58. The Hall–Kier alpha value is -1.64. The SMILES string of the molecule is Cc1[c]c(-c2cc[nH]n2)ncc1. The zero-order valence-electron chi connectivity index (χ0n) is 6.70. The van der Waals surface area contributed by atoms with E-state index in [1.54, 1.807) is 12.4 Å². The van der Waals surface area contributed by atoms with Crippen LogP contribution < -0.4 is 0 Å². The van der Waals surface area contributed by atoms with E-state index in [0.717, 1.165) is 17.0 Å². The van der Waals surface area contributed by atoms with E-state index in [1.165, 1.54) is 0 Å². The lowest BCUT2D eigenvalue weighted by atomic mass is 10.2. The summed E-state index contributed by atoms with van der Waals surface area (Å²) in [4.78, 5) is 4.14. The Kier molecular flexibility index (Phi) is 1.63. The molecule has 0 saturated heterocycles. The lowest BCUT2D eigenvalue weighted by Gasteiger charge is -1.94. The Morgan fingerprint density at radius 3 is 3.00 bits per heavy atom. The molecular formula is C9H8N3. The minimum atomic E-state index is 0.788. The Morgan fingerprint density at radius 1 is 1.42 bits per heavy atom. The molecule has 2 aromatic rings. The number of aromatic amines is 1. The number of hydrogen-bond acceptors (Lipinski definition) is 2. The molecule has 0 aromatic carbocycles. The number of pyridine rings is 1. The molecule has 0 spiro atoms. The second-order valence-electron chi connectivity index (χ2n) is 2.56. The van der Waals surface area contributed by atoms with Crippen molar-refractivity contribution in [2.24, 2.45) is 0 Å². The molecule has 2 heterocycles. The molecule has 12 heavy (non-hydrogen) atoms. The summed E-state index contributed by atoms with van der Waals surface area (Å²) in [5.74, 6) is 0. The molecule has 59 valence electrons. The Labute approximate surface area is 70.5 Å². The summed E-state index contributed by atoms with van der Waals surface area (Å²) in [7, 11) is 0. The third-order valence-electron chi connectivity index (χ3n) is 1.59. The average molecular weight is 158 g/mol. The van der Waals surface area contributed by atoms with Crippen LogP contribution in [-0.2, 0) is 0 Å². The Bertz CT molecular complexity index is 365. The highest BCUT2D eigenvalue weighted by Gasteiger charge is 2.00. The molecule has 0 aliphatic heterocycles. The molecule has 0 unspecified atom stereocenters. The molecule has 0 aliphatic carbocycles. The number of nitrogens with one attached hydrogen (secondary N) is 1. The summed E-state index contributed by atoms with van der Waals surface area (Å²) >= 11 is 0. The molecular weight excluding hydrogens is 150 g/mol. The number of nitrogens with zero attached hydrogens (tertiary/aromatic N) is 2. The van der Waals surface area contributed by atoms with Gasteiger partial charge in [-0.3, -0.25) is 10.1 Å². The summed E-state index contributed by atoms with van der Waals surface area (Å²) in [6, 6.07) is 6.90. The first kappa shape index (κ1) is 7.03. The molecule has 0 aliphatic rings. The van der Waals surface area contributed by atoms with Crippen LogP contribution in [-0.4, -0.2) is 15.2 Å². The molecule has 3 heteroatoms. The van der Waals surface area contributed by atoms with Crippen LogP contribution in [0.15, 0.2) is 24.5 Å². The van der Waals surface area contributed by atoms with E-state index < -0.39 is 0 Å². The average Bonchev–Trinajstić information content (AvgIpc) is 2.56. The Morgan fingerprint density at radius 2 is 2.33 bits per heavy atom. The highest BCUT2D eigenvalue weighted by molar-refractivity contribution is 5.52. The monoisotopic (exact) mass is 158 g/mol. The van der Waals surface area contributed by atoms with Crippen LogP contribution in [0.3, 0.4) is 0 Å². The largest absolute Gasteiger partial charge is 0.285 e. The van der Waals surface area contributed by atoms with Gasteiger partial charge in [0.1, 0.15) is 5.69 Å². The smallest absolute Gasteiger partial charge is 0.111 e. The Balaban J connectivity index is 2.48. The van der Waals surface area contributed by atoms with Gasteiger partial charge in [0, 0.05) is 18.5 Å². The van der Waals surface area contributed by atoms with Crippen LogP contribution in [0.25, 0.3) is 11.4 Å². The van der Waals surface area contributed by atoms with Crippen molar-refractivity contribution in [2.45, 2.75) is 6.92 Å². The second-order valence-corrected chi connectivity index (χ2v) is 2.56. The second kappa shape index (κ2) is 2.77. The maximum Gasteiger partial charge on any atom is 0.111 e. The fraction of sp³-hybridized carbons (Fsp3) is 0.111. The molecule has 3 nitrogen and oxygen atoms in total. The van der Waals surface area contributed by atoms with Crippen LogP contribution >= 0.6 is 0 Å². The van der Waals surface area contributed by atoms with E-state index in [0.29, 0.717) is 0 Å². The first-order chi connectivity index (χ1) is 5.86. The summed E-state index contributed by atoms with van der Waals surface area (Å²) < 4.78 is 0. The zero-order chi connectivity index (χ0) is 8.39. The van der Waals surface area contributed by atoms with Crippen molar-refractivity contribution >= 4 is 0 Å². The first-order valence-corrected chi connectivity index (χ1v) is 3.71. The number of hydrogen-bond donors (Lipinski definition) is 1. The minimum Gasteiger partial charge on any atom is -0.285 e. The van der Waals surface area contributed by atoms with Crippen LogP contribution in [0.1, 0.15) is 5.56 Å². The standard InChI is InChI=1S/C9H8N3/c1-7-2-4-10-9(6-7)8-3-5-11-12-8/h2-5H,1H3,(H,11,12). The van der Waals surface area contributed by atoms with Gasteiger partial charge < -0.3 is 0 Å². The molecule has 0 amide bonds. The topological polar surface area (TPSA) is 41.6 Å². The van der Waals surface area contributed by atoms with Crippen molar-refractivity contribution in [3.63, 3.8) is 0 Å². The van der Waals surface area contributed by atoms with E-state index in [1.807, 2.05) is 19.1 Å². The number of H-pyrrole nitrogens is 1. The summed E-state index contributed by atoms with van der Waals surface area (Å²) in [5, 5.41) is 6.75. The molecule has 0 atom stereocenters. The maximum atomic E-state index is 4.14. The van der Waals surface area contributed by atoms with Crippen molar-refractivity contribution in [1.29, 1.82) is 0 Å². The summed E-state index contributed by atoms with van der Waals surface area (Å²) in [6.45, 7) is 1.98. The van der Waals surface area contributed by atoms with Crippen molar-refractivity contribution in [3.8, 4) is 11.4 Å². The normalized spacial score (nSPS) is 10.1. The van der Waals surface area contributed by atoms with Gasteiger partial charge in [0.25, 0.3) is 0 Å². The summed E-state index contributed by atoms with van der Waals surface area (Å²) in [5.41, 5.74) is 2.69. The lowest BCUT2D eigenvalue weighted by Crippen LogP contribution is -1.84. The molecule has 2 rings (SSSR count). The van der Waals surface area contributed by atoms with Gasteiger partial charge in [-0.15, -0.1) is 0 Å². The third-order valence-corrected chi connectivity index (χ3v) is 1.59. The van der Waals surface area contributed by atoms with Gasteiger partial charge in [0.2, 0.25) is 0 Å². The highest BCUT2D eigenvalue weighted by atomic mass is 15.1. The molecule has 0 saturated carbocycles. The highest BCUT2D eigenvalue weighted by Crippen LogP contribution is 2.12. The van der Waals surface area contributed by atoms with Gasteiger partial charge in [-0.25, -0.2) is 0 Å². The van der Waals surface area contributed by atoms with Crippen LogP contribution in [0, 0.1) is 13.0 Å². The van der Waals surface area contributed by atoms with E-state index >= 15 is 0 Å². The van der Waals surface area contributed by atoms with Crippen LogP contribution in [0.2, 0.25) is 0 Å². The van der Waals surface area contributed by atoms with Crippen molar-refractivity contribution in [1.82, 2.24) is 15.2 Å². The van der Waals surface area contributed by atoms with E-state index in [4.69, 9.17) is 0 Å². The molecule has 2 aromatic heterocycles. The fourth-order valence-electron chi connectivity index (χ4n) is 1.01. The fourth-order valence-corrected chi connectivity index (χ4v) is 1.01. The molecule has 0 fully saturated rings. The first-order valence-electron chi connectivity index (χ1n) is 3.71. The van der Waals surface area contributed by atoms with Gasteiger partial charge in [0.05, 0.1) is 5.69 Å². The minimum absolute atomic E-state index is 0.788. The van der Waals surface area contributed by atoms with Crippen LogP contribution in [0.4, 0.5) is 0 Å². The lowest BCUT2D eigenvalue weighted by molar-refractivity contribution is 1.08. The number of aryl methyl sites for hydroxylation is 1. The van der Waals surface area contributed by atoms with E-state index in [2.05, 4.69) is 21.2 Å². The van der Waals surface area contributed by atoms with E-state index in [9.17, 15) is 0 Å². The van der Waals surface area contributed by atoms with Gasteiger partial charge >= 0.3 is 0 Å². The van der Waals surface area contributed by atoms with E-state index in [-0.39, 0.29) is 0 Å². The van der Waals surface area contributed by atoms with Crippen molar-refractivity contribution in [2.75, 3.05) is 0 Å². The molecule has 0 bridgehead atoms. The van der Waals surface area contributed by atoms with Gasteiger partial charge in [0.15, 0.2) is 0 Å². The summed E-state index contributed by atoms with van der Waals surface area (Å²) in [6.07, 6.45) is 3.53. The molecule has 1 N–H and O–H groups in total. The number of rotatable bonds is 1. The molecule has 1 radical (unpaired) electrons. The zero-order valence-corrected chi connectivity index (χ0v) is 6.70. The van der Waals surface area contributed by atoms with Gasteiger partial charge in [-0.1, -0.05) is 0 Å². The van der Waals surface area contributed by atoms with Crippen LogP contribution in [0.5, 0.6) is 0 Å². The maximum absolute atomic E-state index is 4.14. The van der Waals surface area contributed by atoms with Crippen molar-refractivity contribution < 1.29 is 0 Å². The van der Waals surface area contributed by atoms with Crippen molar-refractivity contribution in [3.05, 3.63) is 36.2 Å². The number of aromatic nitrogens is 3. The van der Waals surface area contributed by atoms with Gasteiger partial charge in [-0.05, 0) is 24.6 Å². The third kappa shape index (κ3) is 1.21.